The summed E-state index contributed by atoms with van der Waals surface area (Å²) >= 11 is 0. The minimum atomic E-state index is -5.66. The van der Waals surface area contributed by atoms with Gasteiger partial charge in [0.25, 0.3) is 20.0 Å². The fourth-order valence-corrected chi connectivity index (χ4v) is 11.8. The number of hydrogen-bond donors (Lipinski definition) is 1. The van der Waals surface area contributed by atoms with E-state index in [1.165, 1.54) is 72.8 Å². The van der Waals surface area contributed by atoms with Gasteiger partial charge >= 0.3 is 7.67 Å². The Kier molecular flexibility index (Phi) is 6.02. The van der Waals surface area contributed by atoms with Gasteiger partial charge in [-0.3, -0.25) is 0 Å². The molecular weight excluding hydrogens is 619 g/mol. The number of aryl methyl sites for hydroxylation is 2. The van der Waals surface area contributed by atoms with Gasteiger partial charge in [-0.15, -0.1) is 0 Å². The second-order valence-corrected chi connectivity index (χ2v) is 16.0. The van der Waals surface area contributed by atoms with Crippen molar-refractivity contribution in [3.8, 4) is 34.1 Å². The highest BCUT2D eigenvalue weighted by atomic mass is 32.2. The molecule has 4 aromatic carbocycles. The van der Waals surface area contributed by atoms with Crippen LogP contribution in [-0.2, 0) is 24.6 Å². The highest BCUT2D eigenvalue weighted by Gasteiger charge is 2.55. The molecule has 12 nitrogen and oxygen atoms in total. The first-order valence-electron chi connectivity index (χ1n) is 12.9. The van der Waals surface area contributed by atoms with Gasteiger partial charge in [-0.1, -0.05) is 35.4 Å². The van der Waals surface area contributed by atoms with Crippen molar-refractivity contribution in [3.63, 3.8) is 0 Å². The number of rotatable bonds is 4. The molecule has 0 unspecified atom stereocenters. The number of anilines is 2. The van der Waals surface area contributed by atoms with E-state index in [0.717, 1.165) is 11.1 Å². The molecule has 0 saturated carbocycles. The molecule has 43 heavy (non-hydrogen) atoms. The Morgan fingerprint density at radius 1 is 0.605 bits per heavy atom. The minimum absolute atomic E-state index is 0.0149. The van der Waals surface area contributed by atoms with Crippen LogP contribution in [0.2, 0.25) is 0 Å². The summed E-state index contributed by atoms with van der Waals surface area (Å²) in [4.78, 5) is 11.4. The summed E-state index contributed by atoms with van der Waals surface area (Å²) < 4.78 is 95.7. The van der Waals surface area contributed by atoms with Gasteiger partial charge in [0.05, 0.1) is 32.3 Å². The van der Waals surface area contributed by atoms with Gasteiger partial charge in [0.1, 0.15) is 0 Å². The molecule has 3 aliphatic rings. The van der Waals surface area contributed by atoms with E-state index in [1.807, 2.05) is 0 Å². The van der Waals surface area contributed by atoms with Crippen LogP contribution in [0.5, 0.6) is 23.0 Å². The maximum absolute atomic E-state index is 14.9. The number of ether oxygens (including phenoxy) is 4. The van der Waals surface area contributed by atoms with Gasteiger partial charge in [0.2, 0.25) is 13.6 Å². The highest BCUT2D eigenvalue weighted by Crippen LogP contribution is 2.68. The summed E-state index contributed by atoms with van der Waals surface area (Å²) in [7, 11) is -15.5. The van der Waals surface area contributed by atoms with E-state index >= 15 is 0 Å². The zero-order valence-corrected chi connectivity index (χ0v) is 25.1. The van der Waals surface area contributed by atoms with Crippen molar-refractivity contribution in [1.29, 1.82) is 0 Å². The zero-order chi connectivity index (χ0) is 30.3. The van der Waals surface area contributed by atoms with Crippen molar-refractivity contribution >= 4 is 39.1 Å². The first-order chi connectivity index (χ1) is 20.4. The third kappa shape index (κ3) is 4.01. The van der Waals surface area contributed by atoms with Gasteiger partial charge < -0.3 is 23.8 Å². The van der Waals surface area contributed by atoms with Crippen molar-refractivity contribution in [1.82, 2.24) is 0 Å². The van der Waals surface area contributed by atoms with Crippen LogP contribution in [0.15, 0.2) is 82.6 Å². The van der Waals surface area contributed by atoms with Crippen LogP contribution < -0.4 is 27.1 Å². The number of sulfonamides is 2. The SMILES string of the molecule is Cc1ccc(S(=O)(=O)N2c3ccc4c(c3-c3c(ccc5c3OCO5)N(S(=O)(=O)c3ccc(C)cc3)P2(=O)O)OCO4)cc1. The Labute approximate surface area is 247 Å². The van der Waals surface area contributed by atoms with E-state index in [2.05, 4.69) is 0 Å². The Morgan fingerprint density at radius 2 is 0.977 bits per heavy atom. The third-order valence-corrected chi connectivity index (χ3v) is 14.2. The highest BCUT2D eigenvalue weighted by molar-refractivity contribution is 8.06. The lowest BCUT2D eigenvalue weighted by atomic mass is 9.99. The molecule has 0 atom stereocenters. The Hall–Kier alpha value is -4.23. The van der Waals surface area contributed by atoms with Crippen LogP contribution in [0.1, 0.15) is 11.1 Å². The van der Waals surface area contributed by atoms with Crippen molar-refractivity contribution in [2.24, 2.45) is 0 Å². The molecule has 4 aromatic rings. The number of benzene rings is 4. The van der Waals surface area contributed by atoms with Crippen LogP contribution in [0.3, 0.4) is 0 Å². The molecular formula is C28H23N2O10PS2. The van der Waals surface area contributed by atoms with E-state index in [1.54, 1.807) is 13.8 Å². The molecule has 0 radical (unpaired) electrons. The molecule has 0 aromatic heterocycles. The van der Waals surface area contributed by atoms with Crippen LogP contribution in [0, 0.1) is 13.8 Å². The van der Waals surface area contributed by atoms with Gasteiger partial charge in [0, 0.05) is 0 Å². The molecule has 3 heterocycles. The fourth-order valence-electron chi connectivity index (χ4n) is 5.24. The van der Waals surface area contributed by atoms with Crippen LogP contribution in [0.4, 0.5) is 11.4 Å². The molecule has 0 spiro atoms. The first-order valence-corrected chi connectivity index (χ1v) is 17.3. The van der Waals surface area contributed by atoms with E-state index in [4.69, 9.17) is 18.9 Å². The predicted octanol–water partition coefficient (Wildman–Crippen LogP) is 4.93. The second-order valence-electron chi connectivity index (χ2n) is 10.0. The fraction of sp³-hybridized carbons (Fsp3) is 0.143. The molecule has 0 amide bonds. The van der Waals surface area contributed by atoms with E-state index in [-0.39, 0.29) is 77.0 Å². The molecule has 15 heteroatoms. The predicted molar refractivity (Wildman–Crippen MR) is 156 cm³/mol. The largest absolute Gasteiger partial charge is 0.454 e. The summed E-state index contributed by atoms with van der Waals surface area (Å²) in [6.45, 7) is 3.07. The van der Waals surface area contributed by atoms with Crippen LogP contribution in [-0.4, -0.2) is 35.3 Å². The van der Waals surface area contributed by atoms with Crippen LogP contribution in [0.25, 0.3) is 11.1 Å². The summed E-state index contributed by atoms with van der Waals surface area (Å²) in [5.41, 5.74) is 0.826. The lowest BCUT2D eigenvalue weighted by molar-refractivity contribution is 0.173. The van der Waals surface area contributed by atoms with Crippen molar-refractivity contribution in [2.75, 3.05) is 21.7 Å². The normalized spacial score (nSPS) is 16.4. The van der Waals surface area contributed by atoms with Crippen LogP contribution >= 0.6 is 7.67 Å². The lowest BCUT2D eigenvalue weighted by Crippen LogP contribution is -2.38. The maximum atomic E-state index is 14.9. The molecule has 0 aliphatic carbocycles. The molecule has 222 valence electrons. The van der Waals surface area contributed by atoms with E-state index in [9.17, 15) is 26.3 Å². The van der Waals surface area contributed by atoms with Gasteiger partial charge in [-0.25, -0.2) is 21.4 Å². The number of fused-ring (bicyclic) bond motifs is 7. The van der Waals surface area contributed by atoms with Gasteiger partial charge in [0.15, 0.2) is 23.0 Å². The molecule has 7 rings (SSSR count). The molecule has 3 aliphatic heterocycles. The third-order valence-electron chi connectivity index (χ3n) is 7.26. The van der Waals surface area contributed by atoms with Crippen molar-refractivity contribution in [2.45, 2.75) is 23.6 Å². The average molecular weight is 643 g/mol. The quantitative estimate of drug-likeness (QED) is 0.304. The second kappa shape index (κ2) is 9.38. The topological polar surface area (TPSA) is 149 Å². The Bertz CT molecular complexity index is 1940. The number of nitrogens with zero attached hydrogens (tertiary/aromatic N) is 2. The summed E-state index contributed by atoms with van der Waals surface area (Å²) in [6, 6.07) is 16.6. The first kappa shape index (κ1) is 27.6. The molecule has 1 N–H and O–H groups in total. The average Bonchev–Trinajstić information content (AvgIpc) is 3.61. The van der Waals surface area contributed by atoms with Gasteiger partial charge in [-0.05, 0) is 62.4 Å². The van der Waals surface area contributed by atoms with E-state index < -0.39 is 27.7 Å². The molecule has 0 saturated heterocycles. The number of hydrogen-bond acceptors (Lipinski definition) is 9. The Balaban J connectivity index is 1.63. The molecule has 0 fully saturated rings. The lowest BCUT2D eigenvalue weighted by Gasteiger charge is -2.34. The summed E-state index contributed by atoms with van der Waals surface area (Å²) in [5, 5.41) is 0. The minimum Gasteiger partial charge on any atom is -0.454 e. The molecule has 0 bridgehead atoms. The smallest absolute Gasteiger partial charge is 0.422 e. The zero-order valence-electron chi connectivity index (χ0n) is 22.6. The van der Waals surface area contributed by atoms with Crippen molar-refractivity contribution in [3.05, 3.63) is 83.9 Å². The van der Waals surface area contributed by atoms with Crippen molar-refractivity contribution < 1.29 is 45.2 Å². The summed E-state index contributed by atoms with van der Waals surface area (Å²) in [6.07, 6.45) is 0. The maximum Gasteiger partial charge on any atom is 0.422 e. The summed E-state index contributed by atoms with van der Waals surface area (Å²) in [5.74, 6) is 0.524. The van der Waals surface area contributed by atoms with Gasteiger partial charge in [-0.2, -0.15) is 8.15 Å². The van der Waals surface area contributed by atoms with E-state index in [0.29, 0.717) is 0 Å². The Morgan fingerprint density at radius 3 is 1.35 bits per heavy atom. The standard InChI is InChI=1S/C28H23N2O10PS2/c1-17-3-7-19(8-4-17)42(33,34)29-21-11-13-23-27(39-15-37-23)25(21)26-22(12-14-24-28(26)40-16-38-24)30(41(29,31)32)43(35,36)20-9-5-18(2)6-10-20/h3-14H,15-16H2,1-2H3,(H,31,32). The monoisotopic (exact) mass is 642 g/mol.